The quantitative estimate of drug-likeness (QED) is 0.812. The Hall–Kier alpha value is -1.55. The van der Waals surface area contributed by atoms with E-state index in [4.69, 9.17) is 16.7 Å². The maximum absolute atomic E-state index is 11.9. The van der Waals surface area contributed by atoms with Crippen LogP contribution in [0, 0.1) is 5.92 Å². The molecule has 1 aromatic carbocycles. The molecule has 1 fully saturated rings. The van der Waals surface area contributed by atoms with Crippen molar-refractivity contribution in [2.75, 3.05) is 0 Å². The zero-order valence-corrected chi connectivity index (χ0v) is 11.9. The summed E-state index contributed by atoms with van der Waals surface area (Å²) >= 11 is 6.03. The van der Waals surface area contributed by atoms with Gasteiger partial charge in [-0.1, -0.05) is 29.8 Å². The van der Waals surface area contributed by atoms with Crippen LogP contribution in [0.5, 0.6) is 0 Å². The predicted octanol–water partition coefficient (Wildman–Crippen LogP) is 2.64. The molecule has 1 unspecified atom stereocenters. The Kier molecular flexibility index (Phi) is 5.01. The number of benzene rings is 1. The van der Waals surface area contributed by atoms with Crippen LogP contribution in [0.25, 0.3) is 0 Å². The summed E-state index contributed by atoms with van der Waals surface area (Å²) in [6, 6.07) is 7.20. The van der Waals surface area contributed by atoms with Crippen molar-refractivity contribution in [3.63, 3.8) is 0 Å². The summed E-state index contributed by atoms with van der Waals surface area (Å²) < 4.78 is 0. The molecular formula is C15H18ClNO3. The lowest BCUT2D eigenvalue weighted by atomic mass is 10.1. The first kappa shape index (κ1) is 14.9. The normalized spacial score (nSPS) is 15.7. The maximum Gasteiger partial charge on any atom is 0.305 e. The third-order valence-corrected chi connectivity index (χ3v) is 3.88. The van der Waals surface area contributed by atoms with Crippen molar-refractivity contribution in [2.45, 2.75) is 38.1 Å². The molecule has 0 aliphatic heterocycles. The molecule has 1 amide bonds. The number of halogens is 1. The number of aliphatic carboxylic acids is 1. The van der Waals surface area contributed by atoms with E-state index in [2.05, 4.69) is 5.32 Å². The molecule has 4 nitrogen and oxygen atoms in total. The summed E-state index contributed by atoms with van der Waals surface area (Å²) in [5.74, 6) is -0.647. The van der Waals surface area contributed by atoms with E-state index in [1.807, 2.05) is 18.2 Å². The lowest BCUT2D eigenvalue weighted by Gasteiger charge is -2.16. The Morgan fingerprint density at radius 2 is 2.05 bits per heavy atom. The van der Waals surface area contributed by atoms with Gasteiger partial charge >= 0.3 is 5.97 Å². The van der Waals surface area contributed by atoms with Crippen molar-refractivity contribution in [2.24, 2.45) is 5.92 Å². The van der Waals surface area contributed by atoms with Crippen LogP contribution in [0.3, 0.4) is 0 Å². The molecule has 0 spiro atoms. The number of carboxylic acid groups (broad SMARTS) is 1. The molecule has 1 saturated carbocycles. The third-order valence-electron chi connectivity index (χ3n) is 3.51. The number of rotatable bonds is 7. The predicted molar refractivity (Wildman–Crippen MR) is 76.7 cm³/mol. The minimum Gasteiger partial charge on any atom is -0.481 e. The van der Waals surface area contributed by atoms with Gasteiger partial charge in [-0.25, -0.2) is 0 Å². The SMILES string of the molecule is O=C(O)CC(NC(=O)CCc1ccccc1Cl)C1CC1. The van der Waals surface area contributed by atoms with Crippen molar-refractivity contribution < 1.29 is 14.7 Å². The molecule has 0 radical (unpaired) electrons. The lowest BCUT2D eigenvalue weighted by molar-refractivity contribution is -0.137. The first-order valence-corrected chi connectivity index (χ1v) is 7.18. The zero-order chi connectivity index (χ0) is 14.5. The van der Waals surface area contributed by atoms with Gasteiger partial charge in [-0.05, 0) is 36.8 Å². The summed E-state index contributed by atoms with van der Waals surface area (Å²) in [6.07, 6.45) is 2.90. The average molecular weight is 296 g/mol. The zero-order valence-electron chi connectivity index (χ0n) is 11.1. The van der Waals surface area contributed by atoms with Crippen molar-refractivity contribution in [1.29, 1.82) is 0 Å². The van der Waals surface area contributed by atoms with Crippen LogP contribution in [-0.2, 0) is 16.0 Å². The van der Waals surface area contributed by atoms with Crippen molar-refractivity contribution in [3.05, 3.63) is 34.9 Å². The molecule has 5 heteroatoms. The highest BCUT2D eigenvalue weighted by molar-refractivity contribution is 6.31. The lowest BCUT2D eigenvalue weighted by Crippen LogP contribution is -2.38. The topological polar surface area (TPSA) is 66.4 Å². The number of carbonyl (C=O) groups excluding carboxylic acids is 1. The van der Waals surface area contributed by atoms with Gasteiger partial charge in [0.15, 0.2) is 0 Å². The second kappa shape index (κ2) is 6.75. The van der Waals surface area contributed by atoms with Crippen LogP contribution in [0.2, 0.25) is 5.02 Å². The Labute approximate surface area is 123 Å². The standard InChI is InChI=1S/C15H18ClNO3/c16-12-4-2-1-3-10(12)7-8-14(18)17-13(9-15(19)20)11-5-6-11/h1-4,11,13H,5-9H2,(H,17,18)(H,19,20). The van der Waals surface area contributed by atoms with Gasteiger partial charge in [0.1, 0.15) is 0 Å². The van der Waals surface area contributed by atoms with Crippen molar-refractivity contribution in [1.82, 2.24) is 5.32 Å². The Morgan fingerprint density at radius 3 is 2.65 bits per heavy atom. The fourth-order valence-corrected chi connectivity index (χ4v) is 2.48. The van der Waals surface area contributed by atoms with E-state index in [0.29, 0.717) is 23.8 Å². The summed E-state index contributed by atoms with van der Waals surface area (Å²) in [6.45, 7) is 0. The van der Waals surface area contributed by atoms with Gasteiger partial charge in [0.05, 0.1) is 6.42 Å². The van der Waals surface area contributed by atoms with Crippen molar-refractivity contribution >= 4 is 23.5 Å². The van der Waals surface area contributed by atoms with Gasteiger partial charge in [0, 0.05) is 17.5 Å². The molecule has 108 valence electrons. The van der Waals surface area contributed by atoms with E-state index in [0.717, 1.165) is 18.4 Å². The number of aryl methyl sites for hydroxylation is 1. The Balaban J connectivity index is 1.82. The first-order chi connectivity index (χ1) is 9.56. The largest absolute Gasteiger partial charge is 0.481 e. The van der Waals surface area contributed by atoms with E-state index in [1.54, 1.807) is 6.07 Å². The maximum atomic E-state index is 11.9. The number of carboxylic acids is 1. The van der Waals surface area contributed by atoms with Crippen LogP contribution in [0.1, 0.15) is 31.2 Å². The molecule has 0 bridgehead atoms. The highest BCUT2D eigenvalue weighted by Crippen LogP contribution is 2.34. The summed E-state index contributed by atoms with van der Waals surface area (Å²) in [5, 5.41) is 12.3. The molecule has 1 aromatic rings. The molecule has 20 heavy (non-hydrogen) atoms. The minimum atomic E-state index is -0.867. The number of amides is 1. The van der Waals surface area contributed by atoms with Crippen LogP contribution in [-0.4, -0.2) is 23.0 Å². The number of hydrogen-bond acceptors (Lipinski definition) is 2. The minimum absolute atomic E-state index is 0.00248. The van der Waals surface area contributed by atoms with Gasteiger partial charge in [0.25, 0.3) is 0 Å². The molecule has 2 N–H and O–H groups in total. The highest BCUT2D eigenvalue weighted by atomic mass is 35.5. The van der Waals surface area contributed by atoms with E-state index in [9.17, 15) is 9.59 Å². The Bertz CT molecular complexity index is 500. The smallest absolute Gasteiger partial charge is 0.305 e. The summed E-state index contributed by atoms with van der Waals surface area (Å²) in [5.41, 5.74) is 0.936. The third kappa shape index (κ3) is 4.53. The van der Waals surface area contributed by atoms with E-state index >= 15 is 0 Å². The molecule has 0 saturated heterocycles. The molecule has 1 aliphatic rings. The summed E-state index contributed by atoms with van der Waals surface area (Å²) in [7, 11) is 0. The summed E-state index contributed by atoms with van der Waals surface area (Å²) in [4.78, 5) is 22.7. The van der Waals surface area contributed by atoms with Crippen LogP contribution >= 0.6 is 11.6 Å². The second-order valence-electron chi connectivity index (χ2n) is 5.20. The van der Waals surface area contributed by atoms with E-state index < -0.39 is 5.97 Å². The monoisotopic (exact) mass is 295 g/mol. The molecule has 0 aromatic heterocycles. The fraction of sp³-hybridized carbons (Fsp3) is 0.467. The average Bonchev–Trinajstić information content (AvgIpc) is 3.21. The molecule has 1 atom stereocenters. The van der Waals surface area contributed by atoms with Gasteiger partial charge in [-0.15, -0.1) is 0 Å². The molecule has 0 heterocycles. The van der Waals surface area contributed by atoms with E-state index in [-0.39, 0.29) is 18.4 Å². The van der Waals surface area contributed by atoms with Crippen LogP contribution < -0.4 is 5.32 Å². The Morgan fingerprint density at radius 1 is 1.35 bits per heavy atom. The van der Waals surface area contributed by atoms with Crippen LogP contribution in [0.15, 0.2) is 24.3 Å². The number of carbonyl (C=O) groups is 2. The first-order valence-electron chi connectivity index (χ1n) is 6.81. The van der Waals surface area contributed by atoms with Crippen molar-refractivity contribution in [3.8, 4) is 0 Å². The van der Waals surface area contributed by atoms with Gasteiger partial charge in [-0.3, -0.25) is 9.59 Å². The molecule has 2 rings (SSSR count). The van der Waals surface area contributed by atoms with E-state index in [1.165, 1.54) is 0 Å². The second-order valence-corrected chi connectivity index (χ2v) is 5.61. The van der Waals surface area contributed by atoms with Crippen LogP contribution in [0.4, 0.5) is 0 Å². The fourth-order valence-electron chi connectivity index (χ4n) is 2.25. The molecular weight excluding hydrogens is 278 g/mol. The number of nitrogens with one attached hydrogen (secondary N) is 1. The van der Waals surface area contributed by atoms with Gasteiger partial charge < -0.3 is 10.4 Å². The highest BCUT2D eigenvalue weighted by Gasteiger charge is 2.33. The molecule has 1 aliphatic carbocycles. The van der Waals surface area contributed by atoms with Gasteiger partial charge in [0.2, 0.25) is 5.91 Å². The number of hydrogen-bond donors (Lipinski definition) is 2. The van der Waals surface area contributed by atoms with Gasteiger partial charge in [-0.2, -0.15) is 0 Å².